The van der Waals surface area contributed by atoms with E-state index in [4.69, 9.17) is 5.73 Å². The summed E-state index contributed by atoms with van der Waals surface area (Å²) in [6, 6.07) is 9.28. The molecular weight excluding hydrogens is 220 g/mol. The molecule has 2 saturated carbocycles. The van der Waals surface area contributed by atoms with Gasteiger partial charge in [-0.05, 0) is 68.7 Å². The van der Waals surface area contributed by atoms with E-state index in [9.17, 15) is 0 Å². The molecule has 3 rings (SSSR count). The summed E-state index contributed by atoms with van der Waals surface area (Å²) in [7, 11) is 0. The topological polar surface area (TPSA) is 29.3 Å². The van der Waals surface area contributed by atoms with Crippen molar-refractivity contribution in [2.24, 2.45) is 5.92 Å². The second-order valence-electron chi connectivity index (χ2n) is 6.01. The molecule has 0 saturated heterocycles. The number of nitrogens with zero attached hydrogens (tertiary/aromatic N) is 1. The van der Waals surface area contributed by atoms with Crippen LogP contribution in [0.15, 0.2) is 24.3 Å². The molecule has 2 aliphatic rings. The third-order valence-electron chi connectivity index (χ3n) is 4.14. The van der Waals surface area contributed by atoms with E-state index < -0.39 is 0 Å². The van der Waals surface area contributed by atoms with Crippen LogP contribution in [0.1, 0.15) is 37.7 Å². The van der Waals surface area contributed by atoms with Crippen molar-refractivity contribution in [2.75, 3.05) is 18.8 Å². The lowest BCUT2D eigenvalue weighted by atomic mass is 10.1. The first-order valence-corrected chi connectivity index (χ1v) is 7.40. The molecule has 2 N–H and O–H groups in total. The Morgan fingerprint density at radius 1 is 1.06 bits per heavy atom. The van der Waals surface area contributed by atoms with E-state index in [1.807, 2.05) is 12.1 Å². The Labute approximate surface area is 110 Å². The van der Waals surface area contributed by atoms with E-state index in [2.05, 4.69) is 17.0 Å². The molecule has 0 atom stereocenters. The van der Waals surface area contributed by atoms with E-state index >= 15 is 0 Å². The number of nitrogens with two attached hydrogens (primary N) is 1. The van der Waals surface area contributed by atoms with Gasteiger partial charge >= 0.3 is 0 Å². The Morgan fingerprint density at radius 3 is 2.39 bits per heavy atom. The van der Waals surface area contributed by atoms with Crippen LogP contribution in [0.3, 0.4) is 0 Å². The van der Waals surface area contributed by atoms with Gasteiger partial charge in [0.05, 0.1) is 0 Å². The van der Waals surface area contributed by atoms with Gasteiger partial charge in [-0.2, -0.15) is 0 Å². The normalized spacial score (nSPS) is 19.4. The number of nitrogen functional groups attached to an aromatic ring is 1. The van der Waals surface area contributed by atoms with Gasteiger partial charge in [-0.3, -0.25) is 0 Å². The van der Waals surface area contributed by atoms with Crippen molar-refractivity contribution in [3.05, 3.63) is 29.8 Å². The van der Waals surface area contributed by atoms with Gasteiger partial charge in [0.15, 0.2) is 0 Å². The van der Waals surface area contributed by atoms with E-state index in [-0.39, 0.29) is 0 Å². The smallest absolute Gasteiger partial charge is 0.0314 e. The molecular formula is C16H24N2. The molecule has 0 heterocycles. The van der Waals surface area contributed by atoms with Crippen LogP contribution in [0.4, 0.5) is 5.69 Å². The predicted molar refractivity (Wildman–Crippen MR) is 76.5 cm³/mol. The molecule has 0 amide bonds. The summed E-state index contributed by atoms with van der Waals surface area (Å²) in [5.74, 6) is 1.03. The molecule has 0 spiro atoms. The van der Waals surface area contributed by atoms with E-state index in [1.54, 1.807) is 0 Å². The maximum atomic E-state index is 5.71. The fourth-order valence-corrected chi connectivity index (χ4v) is 2.67. The van der Waals surface area contributed by atoms with Crippen LogP contribution < -0.4 is 5.73 Å². The first-order chi connectivity index (χ1) is 8.81. The zero-order chi connectivity index (χ0) is 12.4. The van der Waals surface area contributed by atoms with Crippen molar-refractivity contribution >= 4 is 5.69 Å². The van der Waals surface area contributed by atoms with Crippen LogP contribution in [-0.4, -0.2) is 24.0 Å². The van der Waals surface area contributed by atoms with Gasteiger partial charge in [-0.1, -0.05) is 12.1 Å². The highest BCUT2D eigenvalue weighted by atomic mass is 15.2. The summed E-state index contributed by atoms with van der Waals surface area (Å²) in [4.78, 5) is 2.75. The summed E-state index contributed by atoms with van der Waals surface area (Å²) in [6.07, 6.45) is 8.30. The van der Waals surface area contributed by atoms with E-state index in [0.717, 1.165) is 17.6 Å². The lowest BCUT2D eigenvalue weighted by Crippen LogP contribution is -2.29. The van der Waals surface area contributed by atoms with Gasteiger partial charge in [0.25, 0.3) is 0 Å². The van der Waals surface area contributed by atoms with Gasteiger partial charge in [-0.25, -0.2) is 0 Å². The van der Waals surface area contributed by atoms with Crippen LogP contribution in [-0.2, 0) is 6.42 Å². The van der Waals surface area contributed by atoms with Crippen LogP contribution in [0, 0.1) is 5.92 Å². The summed E-state index contributed by atoms with van der Waals surface area (Å²) >= 11 is 0. The van der Waals surface area contributed by atoms with Crippen molar-refractivity contribution in [2.45, 2.75) is 44.6 Å². The first kappa shape index (κ1) is 12.0. The maximum Gasteiger partial charge on any atom is 0.0314 e. The lowest BCUT2D eigenvalue weighted by Gasteiger charge is -2.21. The molecule has 18 heavy (non-hydrogen) atoms. The minimum atomic E-state index is 0.868. The minimum Gasteiger partial charge on any atom is -0.399 e. The lowest BCUT2D eigenvalue weighted by molar-refractivity contribution is 0.250. The molecule has 1 aromatic carbocycles. The summed E-state index contributed by atoms with van der Waals surface area (Å²) in [5, 5.41) is 0. The molecule has 2 heteroatoms. The molecule has 0 radical (unpaired) electrons. The summed E-state index contributed by atoms with van der Waals surface area (Å²) in [5.41, 5.74) is 8.00. The first-order valence-electron chi connectivity index (χ1n) is 7.40. The van der Waals surface area contributed by atoms with Crippen LogP contribution in [0.2, 0.25) is 0 Å². The molecule has 2 nitrogen and oxygen atoms in total. The Balaban J connectivity index is 1.43. The minimum absolute atomic E-state index is 0.868. The molecule has 0 aliphatic heterocycles. The Kier molecular flexibility index (Phi) is 3.55. The van der Waals surface area contributed by atoms with Crippen LogP contribution in [0.5, 0.6) is 0 Å². The molecule has 0 unspecified atom stereocenters. The molecule has 2 aliphatic carbocycles. The van der Waals surface area contributed by atoms with Crippen molar-refractivity contribution in [3.8, 4) is 0 Å². The highest BCUT2D eigenvalue weighted by Gasteiger charge is 2.32. The van der Waals surface area contributed by atoms with Crippen molar-refractivity contribution < 1.29 is 0 Å². The monoisotopic (exact) mass is 244 g/mol. The van der Waals surface area contributed by atoms with Crippen LogP contribution in [0.25, 0.3) is 0 Å². The number of rotatable bonds is 7. The number of hydrogen-bond acceptors (Lipinski definition) is 2. The quantitative estimate of drug-likeness (QED) is 0.747. The second-order valence-corrected chi connectivity index (χ2v) is 6.01. The van der Waals surface area contributed by atoms with Crippen molar-refractivity contribution in [1.82, 2.24) is 4.90 Å². The molecule has 0 aromatic heterocycles. The highest BCUT2D eigenvalue weighted by molar-refractivity contribution is 5.39. The van der Waals surface area contributed by atoms with Gasteiger partial charge in [0.1, 0.15) is 0 Å². The molecule has 2 fully saturated rings. The average molecular weight is 244 g/mol. The van der Waals surface area contributed by atoms with E-state index in [0.29, 0.717) is 0 Å². The number of anilines is 1. The zero-order valence-electron chi connectivity index (χ0n) is 11.1. The Hall–Kier alpha value is -1.02. The second kappa shape index (κ2) is 5.31. The highest BCUT2D eigenvalue weighted by Crippen LogP contribution is 2.34. The molecule has 0 bridgehead atoms. The molecule has 98 valence electrons. The van der Waals surface area contributed by atoms with Gasteiger partial charge in [-0.15, -0.1) is 0 Å². The van der Waals surface area contributed by atoms with Gasteiger partial charge < -0.3 is 10.6 Å². The average Bonchev–Trinajstić information content (AvgIpc) is 3.24. The van der Waals surface area contributed by atoms with Crippen LogP contribution >= 0.6 is 0 Å². The number of benzene rings is 1. The third kappa shape index (κ3) is 3.49. The fraction of sp³-hybridized carbons (Fsp3) is 0.625. The Bertz CT molecular complexity index is 377. The van der Waals surface area contributed by atoms with Crippen molar-refractivity contribution in [3.63, 3.8) is 0 Å². The maximum absolute atomic E-state index is 5.71. The van der Waals surface area contributed by atoms with Gasteiger partial charge in [0, 0.05) is 18.3 Å². The van der Waals surface area contributed by atoms with Gasteiger partial charge in [0.2, 0.25) is 0 Å². The Morgan fingerprint density at radius 2 is 1.78 bits per heavy atom. The fourth-order valence-electron chi connectivity index (χ4n) is 2.67. The summed E-state index contributed by atoms with van der Waals surface area (Å²) in [6.45, 7) is 2.65. The number of hydrogen-bond donors (Lipinski definition) is 1. The van der Waals surface area contributed by atoms with Crippen molar-refractivity contribution in [1.29, 1.82) is 0 Å². The predicted octanol–water partition coefficient (Wildman–Crippen LogP) is 3.08. The van der Waals surface area contributed by atoms with E-state index in [1.165, 1.54) is 57.2 Å². The molecule has 1 aromatic rings. The number of aryl methyl sites for hydroxylation is 1. The zero-order valence-corrected chi connectivity index (χ0v) is 11.1. The third-order valence-corrected chi connectivity index (χ3v) is 4.14. The largest absolute Gasteiger partial charge is 0.399 e. The summed E-state index contributed by atoms with van der Waals surface area (Å²) < 4.78 is 0. The SMILES string of the molecule is Nc1ccc(CCCN(CC2CC2)C2CC2)cc1. The standard InChI is InChI=1S/C16H24N2/c17-15-7-5-13(6-8-15)2-1-11-18(16-9-10-16)12-14-3-4-14/h5-8,14,16H,1-4,9-12,17H2.